The Morgan fingerprint density at radius 3 is 2.48 bits per heavy atom. The number of likely N-dealkylation sites (N-methyl/N-ethyl adjacent to an activating group) is 1. The molecule has 0 heterocycles. The van der Waals surface area contributed by atoms with Crippen LogP contribution in [0.25, 0.3) is 0 Å². The number of hydrogen-bond acceptors (Lipinski definition) is 5. The predicted molar refractivity (Wildman–Crippen MR) is 102 cm³/mol. The van der Waals surface area contributed by atoms with Crippen molar-refractivity contribution in [2.75, 3.05) is 46.0 Å². The monoisotopic (exact) mass is 341 g/mol. The molecule has 134 valence electrons. The normalized spacial score (nSPS) is 15.7. The van der Waals surface area contributed by atoms with Crippen LogP contribution in [0, 0.1) is 5.92 Å². The first kappa shape index (κ1) is 20.4. The highest BCUT2D eigenvalue weighted by atomic mass is 32.2. The first-order valence-corrected chi connectivity index (χ1v) is 9.93. The van der Waals surface area contributed by atoms with Crippen molar-refractivity contribution in [1.82, 2.24) is 15.1 Å². The van der Waals surface area contributed by atoms with Crippen molar-refractivity contribution in [3.63, 3.8) is 0 Å². The van der Waals surface area contributed by atoms with Gasteiger partial charge < -0.3 is 15.1 Å². The van der Waals surface area contributed by atoms with Gasteiger partial charge >= 0.3 is 0 Å². The van der Waals surface area contributed by atoms with Crippen LogP contribution in [-0.2, 0) is 4.79 Å². The summed E-state index contributed by atoms with van der Waals surface area (Å²) in [4.78, 5) is 15.6. The Morgan fingerprint density at radius 1 is 1.17 bits per heavy atom. The molecule has 0 aromatic rings. The standard InChI is InChI=1S/C18H35N3OS/c1-16(19-11-13-20(3)4)21(14-15-23-17(2)22)12-10-18-8-6-5-7-9-18/h18-19H,1,5-15H2,2-4H3. The van der Waals surface area contributed by atoms with E-state index >= 15 is 0 Å². The minimum atomic E-state index is 0.198. The zero-order valence-electron chi connectivity index (χ0n) is 15.3. The van der Waals surface area contributed by atoms with E-state index in [1.165, 1.54) is 50.3 Å². The lowest BCUT2D eigenvalue weighted by atomic mass is 9.87. The quantitative estimate of drug-likeness (QED) is 0.624. The van der Waals surface area contributed by atoms with Crippen molar-refractivity contribution >= 4 is 16.9 Å². The van der Waals surface area contributed by atoms with E-state index in [2.05, 4.69) is 35.8 Å². The topological polar surface area (TPSA) is 35.6 Å². The molecule has 1 rings (SSSR count). The first-order valence-electron chi connectivity index (χ1n) is 8.95. The van der Waals surface area contributed by atoms with Crippen LogP contribution >= 0.6 is 11.8 Å². The van der Waals surface area contributed by atoms with Gasteiger partial charge in [-0.2, -0.15) is 0 Å². The summed E-state index contributed by atoms with van der Waals surface area (Å²) in [6.45, 7) is 9.71. The fourth-order valence-corrected chi connectivity index (χ4v) is 3.63. The fraction of sp³-hybridized carbons (Fsp3) is 0.833. The molecule has 1 saturated carbocycles. The zero-order chi connectivity index (χ0) is 17.1. The van der Waals surface area contributed by atoms with Crippen molar-refractivity contribution in [1.29, 1.82) is 0 Å². The number of thioether (sulfide) groups is 1. The molecule has 4 nitrogen and oxygen atoms in total. The first-order chi connectivity index (χ1) is 11.0. The van der Waals surface area contributed by atoms with Crippen LogP contribution in [0.15, 0.2) is 12.4 Å². The van der Waals surface area contributed by atoms with E-state index in [9.17, 15) is 4.79 Å². The molecule has 0 atom stereocenters. The molecule has 0 aliphatic heterocycles. The number of nitrogens with zero attached hydrogens (tertiary/aromatic N) is 2. The highest BCUT2D eigenvalue weighted by Crippen LogP contribution is 2.26. The van der Waals surface area contributed by atoms with Gasteiger partial charge in [-0.1, -0.05) is 50.4 Å². The maximum atomic E-state index is 11.1. The van der Waals surface area contributed by atoms with E-state index in [-0.39, 0.29) is 5.12 Å². The second-order valence-electron chi connectivity index (χ2n) is 6.80. The van der Waals surface area contributed by atoms with Gasteiger partial charge in [0.05, 0.1) is 5.82 Å². The molecular formula is C18H35N3OS. The summed E-state index contributed by atoms with van der Waals surface area (Å²) < 4.78 is 0. The lowest BCUT2D eigenvalue weighted by Gasteiger charge is -2.30. The zero-order valence-corrected chi connectivity index (χ0v) is 16.1. The summed E-state index contributed by atoms with van der Waals surface area (Å²) >= 11 is 1.41. The lowest BCUT2D eigenvalue weighted by Crippen LogP contribution is -2.37. The molecule has 1 N–H and O–H groups in total. The summed E-state index contributed by atoms with van der Waals surface area (Å²) in [5.41, 5.74) is 0. The highest BCUT2D eigenvalue weighted by molar-refractivity contribution is 8.13. The van der Waals surface area contributed by atoms with Gasteiger partial charge in [-0.05, 0) is 26.4 Å². The Morgan fingerprint density at radius 2 is 1.87 bits per heavy atom. The maximum absolute atomic E-state index is 11.1. The number of carbonyl (C=O) groups excluding carboxylic acids is 1. The largest absolute Gasteiger partial charge is 0.371 e. The maximum Gasteiger partial charge on any atom is 0.185 e. The molecule has 0 bridgehead atoms. The molecule has 0 saturated heterocycles. The molecule has 5 heteroatoms. The SMILES string of the molecule is C=C(NCCN(C)C)N(CCSC(C)=O)CCC1CCCCC1. The Labute approximate surface area is 147 Å². The molecule has 1 aliphatic carbocycles. The van der Waals surface area contributed by atoms with Crippen LogP contribution in [0.1, 0.15) is 45.4 Å². The summed E-state index contributed by atoms with van der Waals surface area (Å²) in [6, 6.07) is 0. The Balaban J connectivity index is 2.39. The second-order valence-corrected chi connectivity index (χ2v) is 8.07. The summed E-state index contributed by atoms with van der Waals surface area (Å²) in [5.74, 6) is 2.72. The molecule has 0 aromatic carbocycles. The van der Waals surface area contributed by atoms with Crippen molar-refractivity contribution in [2.45, 2.75) is 45.4 Å². The van der Waals surface area contributed by atoms with Gasteiger partial charge in [0.15, 0.2) is 5.12 Å². The minimum Gasteiger partial charge on any atom is -0.371 e. The average Bonchev–Trinajstić information content (AvgIpc) is 2.50. The van der Waals surface area contributed by atoms with E-state index in [4.69, 9.17) is 0 Å². The van der Waals surface area contributed by atoms with Crippen LogP contribution in [0.4, 0.5) is 0 Å². The number of nitrogens with one attached hydrogen (secondary N) is 1. The van der Waals surface area contributed by atoms with Gasteiger partial charge in [-0.15, -0.1) is 0 Å². The van der Waals surface area contributed by atoms with E-state index in [1.807, 2.05) is 0 Å². The average molecular weight is 342 g/mol. The van der Waals surface area contributed by atoms with Gasteiger partial charge in [0.2, 0.25) is 0 Å². The van der Waals surface area contributed by atoms with E-state index < -0.39 is 0 Å². The summed E-state index contributed by atoms with van der Waals surface area (Å²) in [7, 11) is 4.16. The lowest BCUT2D eigenvalue weighted by molar-refractivity contribution is -0.109. The molecule has 0 amide bonds. The molecule has 0 spiro atoms. The van der Waals surface area contributed by atoms with E-state index in [0.717, 1.165) is 43.7 Å². The van der Waals surface area contributed by atoms with Gasteiger partial charge in [-0.25, -0.2) is 0 Å². The second kappa shape index (κ2) is 11.8. The summed E-state index contributed by atoms with van der Waals surface area (Å²) in [6.07, 6.45) is 8.22. The molecular weight excluding hydrogens is 306 g/mol. The van der Waals surface area contributed by atoms with Crippen LogP contribution in [0.2, 0.25) is 0 Å². The van der Waals surface area contributed by atoms with E-state index in [1.54, 1.807) is 6.92 Å². The smallest absolute Gasteiger partial charge is 0.185 e. The van der Waals surface area contributed by atoms with Crippen LogP contribution < -0.4 is 5.32 Å². The molecule has 0 radical (unpaired) electrons. The van der Waals surface area contributed by atoms with Crippen molar-refractivity contribution in [3.8, 4) is 0 Å². The summed E-state index contributed by atoms with van der Waals surface area (Å²) in [5, 5.41) is 3.63. The Hall–Kier alpha value is -0.680. The molecule has 1 fully saturated rings. The number of carbonyl (C=O) groups is 1. The number of hydrogen-bond donors (Lipinski definition) is 1. The third-order valence-corrected chi connectivity index (χ3v) is 5.26. The molecule has 0 aromatic heterocycles. The van der Waals surface area contributed by atoms with Crippen LogP contribution in [0.5, 0.6) is 0 Å². The third kappa shape index (κ3) is 9.92. The van der Waals surface area contributed by atoms with Crippen molar-refractivity contribution in [2.24, 2.45) is 5.92 Å². The molecule has 0 unspecified atom stereocenters. The number of rotatable bonds is 11. The highest BCUT2D eigenvalue weighted by Gasteiger charge is 2.16. The molecule has 23 heavy (non-hydrogen) atoms. The minimum absolute atomic E-state index is 0.198. The Bertz CT molecular complexity index is 354. The van der Waals surface area contributed by atoms with Gasteiger partial charge in [0.1, 0.15) is 0 Å². The Kier molecular flexibility index (Phi) is 10.4. The van der Waals surface area contributed by atoms with Gasteiger partial charge in [0.25, 0.3) is 0 Å². The van der Waals surface area contributed by atoms with Crippen molar-refractivity contribution in [3.05, 3.63) is 12.4 Å². The van der Waals surface area contributed by atoms with Crippen molar-refractivity contribution < 1.29 is 4.79 Å². The van der Waals surface area contributed by atoms with Gasteiger partial charge in [0, 0.05) is 38.9 Å². The predicted octanol–water partition coefficient (Wildman–Crippen LogP) is 3.16. The third-order valence-electron chi connectivity index (χ3n) is 4.47. The van der Waals surface area contributed by atoms with E-state index in [0.29, 0.717) is 0 Å². The molecule has 1 aliphatic rings. The van der Waals surface area contributed by atoms with Gasteiger partial charge in [-0.3, -0.25) is 4.79 Å². The van der Waals surface area contributed by atoms with Crippen LogP contribution in [-0.4, -0.2) is 60.9 Å². The fourth-order valence-electron chi connectivity index (χ4n) is 3.03. The van der Waals surface area contributed by atoms with Crippen LogP contribution in [0.3, 0.4) is 0 Å².